The number of fused-ring (bicyclic) bond motifs is 2. The zero-order valence-corrected chi connectivity index (χ0v) is 41.8. The van der Waals surface area contributed by atoms with Crippen LogP contribution in [0.15, 0.2) is 168 Å². The summed E-state index contributed by atoms with van der Waals surface area (Å²) in [6.07, 6.45) is 7.84. The molecule has 0 unspecified atom stereocenters. The second kappa shape index (κ2) is 20.9. The quantitative estimate of drug-likeness (QED) is 0.135. The molecular weight excluding hydrogens is 1020 g/mol. The van der Waals surface area contributed by atoms with Crippen molar-refractivity contribution in [3.63, 3.8) is 0 Å². The van der Waals surface area contributed by atoms with Crippen LogP contribution in [-0.2, 0) is 20.1 Å². The second-order valence-electron chi connectivity index (χ2n) is 18.5. The number of imidazole rings is 1. The van der Waals surface area contributed by atoms with Gasteiger partial charge >= 0.3 is 0 Å². The number of para-hydroxylation sites is 2. The number of aromatic nitrogens is 4. The van der Waals surface area contributed by atoms with Crippen LogP contribution in [0.5, 0.6) is 0 Å². The van der Waals surface area contributed by atoms with E-state index in [1.54, 1.807) is 12.1 Å². The molecule has 0 saturated heterocycles. The van der Waals surface area contributed by atoms with Crippen LogP contribution in [-0.4, -0.2) is 19.5 Å². The Hall–Kier alpha value is -6.72. The van der Waals surface area contributed by atoms with E-state index >= 15 is 0 Å². The molecule has 7 aromatic carbocycles. The predicted molar refractivity (Wildman–Crippen MR) is 281 cm³/mol. The summed E-state index contributed by atoms with van der Waals surface area (Å²) < 4.78 is 52.6. The van der Waals surface area contributed by atoms with Crippen molar-refractivity contribution in [3.05, 3.63) is 204 Å². The van der Waals surface area contributed by atoms with Gasteiger partial charge in [0.2, 0.25) is 5.89 Å². The number of rotatable bonds is 9. The van der Waals surface area contributed by atoms with Crippen molar-refractivity contribution in [3.8, 4) is 62.0 Å². The molecule has 3 heterocycles. The van der Waals surface area contributed by atoms with Gasteiger partial charge in [-0.1, -0.05) is 163 Å². The standard InChI is InChI=1S/C50H46N3O.C13H12N.Ir/c1-32(2)41-28-39(35-18-10-6-11-19-35)29-42(33(3)4)48(41)53-45-23-15-14-22-44(45)51-49(53)40-30-43(37-26-24-36(25-27-37)34-16-8-5-9-17-34)47-46(31-40)54-50(52-47)38-20-12-7-13-21-38;1-10-3-6-12(7-4-10)13-8-5-11(2)9-14-13;/h6-7,10-15,18-30,32-34H,5,8-9,16-17H2,1-4H3;3-6,8-9H,1-2H3;/q2*-1;/i;1D3,2D3;. The molecule has 0 spiro atoms. The molecule has 5 nitrogen and oxygen atoms in total. The van der Waals surface area contributed by atoms with Crippen molar-refractivity contribution in [2.75, 3.05) is 0 Å². The van der Waals surface area contributed by atoms with Crippen molar-refractivity contribution in [1.29, 1.82) is 0 Å². The Morgan fingerprint density at radius 3 is 1.94 bits per heavy atom. The van der Waals surface area contributed by atoms with Crippen molar-refractivity contribution >= 4 is 22.1 Å². The van der Waals surface area contributed by atoms with Crippen LogP contribution in [0, 0.1) is 25.8 Å². The molecule has 1 fully saturated rings. The number of oxazole rings is 1. The minimum Gasteiger partial charge on any atom is -0.457 e. The maximum absolute atomic E-state index is 7.28. The van der Waals surface area contributed by atoms with Gasteiger partial charge in [-0.25, -0.2) is 0 Å². The van der Waals surface area contributed by atoms with Gasteiger partial charge in [-0.15, -0.1) is 47.0 Å². The van der Waals surface area contributed by atoms with Gasteiger partial charge in [0.05, 0.1) is 22.4 Å². The van der Waals surface area contributed by atoms with Gasteiger partial charge in [-0.2, -0.15) is 0 Å². The summed E-state index contributed by atoms with van der Waals surface area (Å²) in [5, 5.41) is 0. The average molecular weight is 1090 g/mol. The zero-order chi connectivity index (χ0) is 51.7. The first-order chi connectivity index (χ1) is 35.6. The number of hydrogen-bond acceptors (Lipinski definition) is 4. The molecule has 1 radical (unpaired) electrons. The molecule has 347 valence electrons. The number of pyridine rings is 1. The normalized spacial score (nSPS) is 14.5. The smallest absolute Gasteiger partial charge is 0.215 e. The van der Waals surface area contributed by atoms with Gasteiger partial charge in [0, 0.05) is 51.3 Å². The first kappa shape index (κ1) is 40.2. The third-order valence-electron chi connectivity index (χ3n) is 13.1. The van der Waals surface area contributed by atoms with Gasteiger partial charge in [-0.3, -0.25) is 9.97 Å². The largest absolute Gasteiger partial charge is 0.457 e. The molecule has 10 aromatic rings. The van der Waals surface area contributed by atoms with E-state index in [0.29, 0.717) is 28.6 Å². The van der Waals surface area contributed by atoms with E-state index in [4.69, 9.17) is 22.6 Å². The maximum Gasteiger partial charge on any atom is 0.215 e. The van der Waals surface area contributed by atoms with Crippen LogP contribution in [0.3, 0.4) is 0 Å². The topological polar surface area (TPSA) is 56.7 Å². The van der Waals surface area contributed by atoms with E-state index in [2.05, 4.69) is 146 Å². The molecule has 0 N–H and O–H groups in total. The fourth-order valence-corrected chi connectivity index (χ4v) is 9.56. The molecule has 0 amide bonds. The Morgan fingerprint density at radius 1 is 0.638 bits per heavy atom. The van der Waals surface area contributed by atoms with Crippen LogP contribution in [0.1, 0.15) is 114 Å². The van der Waals surface area contributed by atoms with E-state index in [-0.39, 0.29) is 43.1 Å². The fraction of sp³-hybridized carbons (Fsp3) is 0.222. The van der Waals surface area contributed by atoms with Crippen molar-refractivity contribution in [1.82, 2.24) is 19.5 Å². The van der Waals surface area contributed by atoms with E-state index in [1.165, 1.54) is 90.0 Å². The molecule has 1 aliphatic carbocycles. The first-order valence-electron chi connectivity index (χ1n) is 26.8. The second-order valence-corrected chi connectivity index (χ2v) is 18.5. The molecule has 11 rings (SSSR count). The monoisotopic (exact) mass is 1090 g/mol. The summed E-state index contributed by atoms with van der Waals surface area (Å²) in [5.74, 6) is 2.60. The van der Waals surface area contributed by atoms with Crippen LogP contribution in [0.25, 0.3) is 84.2 Å². The predicted octanol–water partition coefficient (Wildman–Crippen LogP) is 17.1. The Labute approximate surface area is 429 Å². The first-order valence-corrected chi connectivity index (χ1v) is 23.8. The summed E-state index contributed by atoms with van der Waals surface area (Å²) >= 11 is 0. The molecule has 69 heavy (non-hydrogen) atoms. The van der Waals surface area contributed by atoms with Gasteiger partial charge in [0.15, 0.2) is 0 Å². The Morgan fingerprint density at radius 2 is 1.30 bits per heavy atom. The minimum absolute atomic E-state index is 0. The van der Waals surface area contributed by atoms with E-state index in [0.717, 1.165) is 44.6 Å². The number of benzene rings is 7. The number of nitrogens with zero attached hydrogens (tertiary/aromatic N) is 4. The summed E-state index contributed by atoms with van der Waals surface area (Å²) in [6, 6.07) is 59.7. The maximum atomic E-state index is 7.28. The van der Waals surface area contributed by atoms with Gasteiger partial charge in [0.1, 0.15) is 0 Å². The fourth-order valence-electron chi connectivity index (χ4n) is 9.56. The SMILES string of the molecule is CC(C)c1cc(-c2ccccc2)cc(C(C)C)c1-n1c(-c2[c-]c3oc(-c4ccccc4)nc3c(-c3ccc(C4CCCCC4)cc3)c2)nc2ccccc21.[2H]C([2H])([2H])c1c[c-]c(-c2ccc(C([2H])([2H])[2H])cn2)cc1.[Ir]. The Kier molecular flexibility index (Phi) is 12.2. The average Bonchev–Trinajstić information content (AvgIpc) is 4.05. The van der Waals surface area contributed by atoms with Gasteiger partial charge < -0.3 is 14.0 Å². The number of hydrogen-bond donors (Lipinski definition) is 0. The summed E-state index contributed by atoms with van der Waals surface area (Å²) in [4.78, 5) is 14.6. The zero-order valence-electron chi connectivity index (χ0n) is 45.4. The Balaban J connectivity index is 0.000000277. The molecule has 3 aromatic heterocycles. The van der Waals surface area contributed by atoms with E-state index < -0.39 is 13.7 Å². The molecular formula is C63H58IrN4O-2. The van der Waals surface area contributed by atoms with Crippen LogP contribution < -0.4 is 0 Å². The molecule has 6 heteroatoms. The summed E-state index contributed by atoms with van der Waals surface area (Å²) in [7, 11) is 0. The molecule has 0 bridgehead atoms. The molecule has 0 aliphatic heterocycles. The molecule has 1 aliphatic rings. The van der Waals surface area contributed by atoms with E-state index in [9.17, 15) is 0 Å². The van der Waals surface area contributed by atoms with Crippen LogP contribution in [0.2, 0.25) is 0 Å². The number of aryl methyl sites for hydroxylation is 2. The van der Waals surface area contributed by atoms with Crippen molar-refractivity contribution < 1.29 is 32.7 Å². The van der Waals surface area contributed by atoms with Gasteiger partial charge in [0.25, 0.3) is 0 Å². The molecule has 0 atom stereocenters. The third kappa shape index (κ3) is 10.1. The van der Waals surface area contributed by atoms with Crippen molar-refractivity contribution in [2.24, 2.45) is 0 Å². The minimum atomic E-state index is -2.18. The van der Waals surface area contributed by atoms with Crippen molar-refractivity contribution in [2.45, 2.75) is 91.3 Å². The van der Waals surface area contributed by atoms with Crippen LogP contribution in [0.4, 0.5) is 0 Å². The molecule has 1 saturated carbocycles. The summed E-state index contributed by atoms with van der Waals surface area (Å²) in [6.45, 7) is 4.84. The third-order valence-corrected chi connectivity index (χ3v) is 13.1. The van der Waals surface area contributed by atoms with E-state index in [1.807, 2.05) is 30.3 Å². The summed E-state index contributed by atoms with van der Waals surface area (Å²) in [5.41, 5.74) is 16.6. The van der Waals surface area contributed by atoms with Crippen LogP contribution >= 0.6 is 0 Å². The van der Waals surface area contributed by atoms with Gasteiger partial charge in [-0.05, 0) is 118 Å². The Bertz CT molecular complexity index is 3460.